The number of carbonyl (C=O) groups excluding carboxylic acids is 1. The molecule has 3 N–H and O–H groups in total. The second kappa shape index (κ2) is 6.16. The molecular formula is C13H20N2O3S. The number of nitrogens with two attached hydrogens (primary N) is 1. The van der Waals surface area contributed by atoms with Gasteiger partial charge in [-0.25, -0.2) is 8.42 Å². The molecule has 106 valence electrons. The highest BCUT2D eigenvalue weighted by atomic mass is 32.2. The number of hydrogen-bond donors (Lipinski definition) is 2. The molecule has 5 nitrogen and oxygen atoms in total. The molecule has 19 heavy (non-hydrogen) atoms. The molecule has 1 aromatic rings. The molecule has 0 bridgehead atoms. The van der Waals surface area contributed by atoms with E-state index in [1.165, 1.54) is 12.1 Å². The first-order valence-corrected chi connectivity index (χ1v) is 8.00. The smallest absolute Gasteiger partial charge is 0.228 e. The molecule has 6 heteroatoms. The van der Waals surface area contributed by atoms with Gasteiger partial charge in [-0.1, -0.05) is 13.0 Å². The van der Waals surface area contributed by atoms with Crippen molar-refractivity contribution in [3.63, 3.8) is 0 Å². The summed E-state index contributed by atoms with van der Waals surface area (Å²) in [6.45, 7) is 3.97. The number of benzene rings is 1. The van der Waals surface area contributed by atoms with E-state index in [0.29, 0.717) is 12.1 Å². The van der Waals surface area contributed by atoms with Gasteiger partial charge in [0.05, 0.1) is 10.8 Å². The van der Waals surface area contributed by atoms with Gasteiger partial charge < -0.3 is 11.1 Å². The molecule has 0 spiro atoms. The molecule has 1 unspecified atom stereocenters. The molecule has 0 aliphatic carbocycles. The van der Waals surface area contributed by atoms with E-state index in [2.05, 4.69) is 5.32 Å². The summed E-state index contributed by atoms with van der Waals surface area (Å²) in [7, 11) is -3.29. The molecule has 1 rings (SSSR count). The Bertz CT molecular complexity index is 563. The highest BCUT2D eigenvalue weighted by Gasteiger charge is 2.16. The number of aryl methyl sites for hydroxylation is 1. The van der Waals surface area contributed by atoms with Crippen LogP contribution in [0.5, 0.6) is 0 Å². The third-order valence-corrected chi connectivity index (χ3v) is 4.15. The van der Waals surface area contributed by atoms with Crippen LogP contribution in [-0.4, -0.2) is 27.1 Å². The number of hydrogen-bond acceptors (Lipinski definition) is 4. The highest BCUT2D eigenvalue weighted by Crippen LogP contribution is 2.21. The average Bonchev–Trinajstić information content (AvgIpc) is 2.32. The number of carbonyl (C=O) groups is 1. The lowest BCUT2D eigenvalue weighted by atomic mass is 10.1. The van der Waals surface area contributed by atoms with Crippen molar-refractivity contribution in [3.05, 3.63) is 23.8 Å². The summed E-state index contributed by atoms with van der Waals surface area (Å²) in [4.78, 5) is 12.1. The summed E-state index contributed by atoms with van der Waals surface area (Å²) in [6, 6.07) is 4.68. The van der Waals surface area contributed by atoms with E-state index in [4.69, 9.17) is 5.73 Å². The molecular weight excluding hydrogens is 264 g/mol. The van der Waals surface area contributed by atoms with Crippen molar-refractivity contribution in [1.29, 1.82) is 0 Å². The summed E-state index contributed by atoms with van der Waals surface area (Å²) in [6.07, 6.45) is 1.78. The molecule has 0 heterocycles. The second-order valence-electron chi connectivity index (χ2n) is 4.58. The minimum Gasteiger partial charge on any atom is -0.330 e. The lowest BCUT2D eigenvalue weighted by Gasteiger charge is -2.15. The SMILES string of the molecule is CCC(CN)C(=O)Nc1cc(S(C)(=O)=O)ccc1C. The fourth-order valence-electron chi connectivity index (χ4n) is 1.66. The summed E-state index contributed by atoms with van der Waals surface area (Å²) < 4.78 is 23.0. The predicted octanol–water partition coefficient (Wildman–Crippen LogP) is 1.32. The van der Waals surface area contributed by atoms with E-state index in [1.54, 1.807) is 6.07 Å². The Labute approximate surface area is 114 Å². The molecule has 0 aliphatic rings. The van der Waals surface area contributed by atoms with Crippen LogP contribution in [0, 0.1) is 12.8 Å². The van der Waals surface area contributed by atoms with Crippen molar-refractivity contribution >= 4 is 21.4 Å². The largest absolute Gasteiger partial charge is 0.330 e. The molecule has 0 radical (unpaired) electrons. The van der Waals surface area contributed by atoms with Gasteiger partial charge in [0, 0.05) is 18.5 Å². The fraction of sp³-hybridized carbons (Fsp3) is 0.462. The van der Waals surface area contributed by atoms with E-state index in [9.17, 15) is 13.2 Å². The number of anilines is 1. The Morgan fingerprint density at radius 1 is 1.42 bits per heavy atom. The summed E-state index contributed by atoms with van der Waals surface area (Å²) in [5.41, 5.74) is 6.84. The predicted molar refractivity (Wildman–Crippen MR) is 75.8 cm³/mol. The first-order chi connectivity index (χ1) is 8.79. The van der Waals surface area contributed by atoms with Gasteiger partial charge in [-0.05, 0) is 31.0 Å². The molecule has 1 aromatic carbocycles. The average molecular weight is 284 g/mol. The monoisotopic (exact) mass is 284 g/mol. The summed E-state index contributed by atoms with van der Waals surface area (Å²) >= 11 is 0. The van der Waals surface area contributed by atoms with Crippen LogP contribution in [0.15, 0.2) is 23.1 Å². The standard InChI is InChI=1S/C13H20N2O3S/c1-4-10(8-14)13(16)15-12-7-11(19(3,17)18)6-5-9(12)2/h5-7,10H,4,8,14H2,1-3H3,(H,15,16). The second-order valence-corrected chi connectivity index (χ2v) is 6.59. The van der Waals surface area contributed by atoms with Crippen LogP contribution in [0.1, 0.15) is 18.9 Å². The number of nitrogens with one attached hydrogen (secondary N) is 1. The van der Waals surface area contributed by atoms with Crippen molar-refractivity contribution in [3.8, 4) is 0 Å². The zero-order valence-corrected chi connectivity index (χ0v) is 12.3. The van der Waals surface area contributed by atoms with Crippen LogP contribution in [0.3, 0.4) is 0 Å². The third-order valence-electron chi connectivity index (χ3n) is 3.04. The van der Waals surface area contributed by atoms with Crippen LogP contribution in [-0.2, 0) is 14.6 Å². The Morgan fingerprint density at radius 3 is 2.53 bits per heavy atom. The number of rotatable bonds is 5. The van der Waals surface area contributed by atoms with Crippen LogP contribution >= 0.6 is 0 Å². The zero-order valence-electron chi connectivity index (χ0n) is 11.4. The number of sulfone groups is 1. The van der Waals surface area contributed by atoms with Crippen LogP contribution < -0.4 is 11.1 Å². The lowest BCUT2D eigenvalue weighted by Crippen LogP contribution is -2.28. The highest BCUT2D eigenvalue weighted by molar-refractivity contribution is 7.90. The van der Waals surface area contributed by atoms with Crippen molar-refractivity contribution in [1.82, 2.24) is 0 Å². The molecule has 0 fully saturated rings. The third kappa shape index (κ3) is 4.04. The molecule has 1 atom stereocenters. The van der Waals surface area contributed by atoms with Gasteiger partial charge in [-0.15, -0.1) is 0 Å². The van der Waals surface area contributed by atoms with Crippen molar-refractivity contribution in [2.24, 2.45) is 11.7 Å². The van der Waals surface area contributed by atoms with E-state index in [1.807, 2.05) is 13.8 Å². The van der Waals surface area contributed by atoms with Gasteiger partial charge in [0.25, 0.3) is 0 Å². The van der Waals surface area contributed by atoms with Crippen molar-refractivity contribution < 1.29 is 13.2 Å². The minimum atomic E-state index is -3.29. The fourth-order valence-corrected chi connectivity index (χ4v) is 2.31. The van der Waals surface area contributed by atoms with E-state index in [-0.39, 0.29) is 23.3 Å². The summed E-state index contributed by atoms with van der Waals surface area (Å²) in [5, 5.41) is 2.74. The van der Waals surface area contributed by atoms with Crippen LogP contribution in [0.25, 0.3) is 0 Å². The molecule has 0 saturated heterocycles. The quantitative estimate of drug-likeness (QED) is 0.853. The van der Waals surface area contributed by atoms with Crippen LogP contribution in [0.2, 0.25) is 0 Å². The Kier molecular flexibility index (Phi) is 5.08. The van der Waals surface area contributed by atoms with Crippen molar-refractivity contribution in [2.75, 3.05) is 18.1 Å². The zero-order chi connectivity index (χ0) is 14.6. The Hall–Kier alpha value is -1.40. The molecule has 1 amide bonds. The molecule has 0 aromatic heterocycles. The van der Waals surface area contributed by atoms with E-state index >= 15 is 0 Å². The van der Waals surface area contributed by atoms with Gasteiger partial charge in [0.1, 0.15) is 0 Å². The first-order valence-electron chi connectivity index (χ1n) is 6.11. The molecule has 0 aliphatic heterocycles. The summed E-state index contributed by atoms with van der Waals surface area (Å²) in [5.74, 6) is -0.444. The Morgan fingerprint density at radius 2 is 2.05 bits per heavy atom. The van der Waals surface area contributed by atoms with Gasteiger partial charge in [-0.2, -0.15) is 0 Å². The van der Waals surface area contributed by atoms with Gasteiger partial charge in [0.15, 0.2) is 9.84 Å². The lowest BCUT2D eigenvalue weighted by molar-refractivity contribution is -0.119. The van der Waals surface area contributed by atoms with E-state index in [0.717, 1.165) is 11.8 Å². The number of amides is 1. The van der Waals surface area contributed by atoms with Crippen molar-refractivity contribution in [2.45, 2.75) is 25.2 Å². The van der Waals surface area contributed by atoms with Gasteiger partial charge in [0.2, 0.25) is 5.91 Å². The maximum absolute atomic E-state index is 11.9. The Balaban J connectivity index is 3.04. The molecule has 0 saturated carbocycles. The van der Waals surface area contributed by atoms with Gasteiger partial charge in [-0.3, -0.25) is 4.79 Å². The van der Waals surface area contributed by atoms with E-state index < -0.39 is 9.84 Å². The minimum absolute atomic E-state index is 0.182. The topological polar surface area (TPSA) is 89.3 Å². The first kappa shape index (κ1) is 15.7. The van der Waals surface area contributed by atoms with Gasteiger partial charge >= 0.3 is 0 Å². The normalized spacial score (nSPS) is 13.1. The maximum atomic E-state index is 11.9. The van der Waals surface area contributed by atoms with Crippen LogP contribution in [0.4, 0.5) is 5.69 Å². The maximum Gasteiger partial charge on any atom is 0.228 e.